The van der Waals surface area contributed by atoms with Gasteiger partial charge in [0.15, 0.2) is 9.84 Å². The van der Waals surface area contributed by atoms with E-state index in [1.54, 1.807) is 6.92 Å². The molecule has 1 heterocycles. The number of anilines is 1. The molecule has 0 saturated carbocycles. The fourth-order valence-electron chi connectivity index (χ4n) is 2.68. The molecule has 0 unspecified atom stereocenters. The number of halogens is 1. The summed E-state index contributed by atoms with van der Waals surface area (Å²) in [5.74, 6) is -1.69. The third kappa shape index (κ3) is 4.42. The molecule has 0 atom stereocenters. The first-order valence-electron chi connectivity index (χ1n) is 8.04. The highest BCUT2D eigenvalue weighted by Crippen LogP contribution is 2.34. The topological polar surface area (TPSA) is 99.2 Å². The summed E-state index contributed by atoms with van der Waals surface area (Å²) in [5, 5.41) is 0.259. The van der Waals surface area contributed by atoms with Gasteiger partial charge in [-0.3, -0.25) is 0 Å². The van der Waals surface area contributed by atoms with Crippen LogP contribution in [0.5, 0.6) is 0 Å². The number of sulfone groups is 1. The predicted molar refractivity (Wildman–Crippen MR) is 98.2 cm³/mol. The number of nitrogens with zero attached hydrogens (tertiary/aromatic N) is 1. The first-order valence-corrected chi connectivity index (χ1v) is 10.1. The molecule has 27 heavy (non-hydrogen) atoms. The summed E-state index contributed by atoms with van der Waals surface area (Å²) in [6.45, 7) is 1.40. The van der Waals surface area contributed by atoms with E-state index in [-0.39, 0.29) is 46.0 Å². The Hall–Kier alpha value is -2.10. The monoisotopic (exact) mass is 417 g/mol. The average Bonchev–Trinajstić information content (AvgIpc) is 2.65. The summed E-state index contributed by atoms with van der Waals surface area (Å²) < 4.78 is 40.3. The minimum Gasteiger partial charge on any atom is -0.466 e. The standard InChI is InChI=1S/C17H20ClNO7S/c1-4-7-27(22,23)14-6-5-11(18)8-13(14)19-10-26-9-12(16(20)24-2)15(19)17(21)25-3/h5-6,8H,4,7,9-10H2,1-3H3. The van der Waals surface area contributed by atoms with Crippen molar-refractivity contribution in [2.24, 2.45) is 0 Å². The molecule has 0 aliphatic carbocycles. The van der Waals surface area contributed by atoms with Crippen LogP contribution in [-0.2, 0) is 33.6 Å². The molecule has 0 fully saturated rings. The van der Waals surface area contributed by atoms with E-state index in [4.69, 9.17) is 25.8 Å². The van der Waals surface area contributed by atoms with Gasteiger partial charge in [-0.05, 0) is 24.6 Å². The maximum Gasteiger partial charge on any atom is 0.355 e. The van der Waals surface area contributed by atoms with Gasteiger partial charge in [0.1, 0.15) is 12.4 Å². The number of rotatable bonds is 6. The van der Waals surface area contributed by atoms with Gasteiger partial charge in [0.2, 0.25) is 0 Å². The zero-order valence-electron chi connectivity index (χ0n) is 15.2. The zero-order valence-corrected chi connectivity index (χ0v) is 16.7. The van der Waals surface area contributed by atoms with Gasteiger partial charge in [0.05, 0.1) is 42.7 Å². The lowest BCUT2D eigenvalue weighted by Gasteiger charge is -2.32. The largest absolute Gasteiger partial charge is 0.466 e. The summed E-state index contributed by atoms with van der Waals surface area (Å²) in [6, 6.07) is 4.21. The number of hydrogen-bond acceptors (Lipinski definition) is 8. The molecule has 10 heteroatoms. The lowest BCUT2D eigenvalue weighted by Crippen LogP contribution is -2.39. The Morgan fingerprint density at radius 3 is 2.48 bits per heavy atom. The van der Waals surface area contributed by atoms with Crippen molar-refractivity contribution in [3.05, 3.63) is 34.5 Å². The van der Waals surface area contributed by atoms with Crippen LogP contribution in [0, 0.1) is 0 Å². The number of benzene rings is 1. The van der Waals surface area contributed by atoms with Crippen LogP contribution in [0.3, 0.4) is 0 Å². The summed E-state index contributed by atoms with van der Waals surface area (Å²) >= 11 is 6.06. The quantitative estimate of drug-likeness (QED) is 0.647. The van der Waals surface area contributed by atoms with E-state index in [0.29, 0.717) is 6.42 Å². The van der Waals surface area contributed by atoms with E-state index in [2.05, 4.69) is 0 Å². The van der Waals surface area contributed by atoms with Crippen molar-refractivity contribution >= 4 is 39.1 Å². The average molecular weight is 418 g/mol. The molecule has 2 rings (SSSR count). The minimum absolute atomic E-state index is 0.0233. The SMILES string of the molecule is CCCS(=O)(=O)c1ccc(Cl)cc1N1COCC(C(=O)OC)=C1C(=O)OC. The van der Waals surface area contributed by atoms with E-state index >= 15 is 0 Å². The van der Waals surface area contributed by atoms with Crippen molar-refractivity contribution in [1.29, 1.82) is 0 Å². The molecule has 0 bridgehead atoms. The molecule has 0 aromatic heterocycles. The van der Waals surface area contributed by atoms with Crippen molar-refractivity contribution in [1.82, 2.24) is 0 Å². The Bertz CT molecular complexity index is 879. The first kappa shape index (κ1) is 21.2. The summed E-state index contributed by atoms with van der Waals surface area (Å²) in [4.78, 5) is 25.7. The number of hydrogen-bond donors (Lipinski definition) is 0. The van der Waals surface area contributed by atoms with Crippen LogP contribution < -0.4 is 4.90 Å². The molecule has 8 nitrogen and oxygen atoms in total. The van der Waals surface area contributed by atoms with E-state index in [9.17, 15) is 18.0 Å². The fraction of sp³-hybridized carbons (Fsp3) is 0.412. The van der Waals surface area contributed by atoms with Gasteiger partial charge in [0, 0.05) is 5.02 Å². The van der Waals surface area contributed by atoms with Gasteiger partial charge in [-0.25, -0.2) is 18.0 Å². The van der Waals surface area contributed by atoms with Crippen LogP contribution in [0.25, 0.3) is 0 Å². The Kier molecular flexibility index (Phi) is 6.85. The van der Waals surface area contributed by atoms with Gasteiger partial charge in [0.25, 0.3) is 0 Å². The van der Waals surface area contributed by atoms with Crippen LogP contribution >= 0.6 is 11.6 Å². The maximum atomic E-state index is 12.7. The molecule has 0 radical (unpaired) electrons. The van der Waals surface area contributed by atoms with Gasteiger partial charge < -0.3 is 19.1 Å². The predicted octanol–water partition coefficient (Wildman–Crippen LogP) is 1.92. The number of methoxy groups -OCH3 is 2. The van der Waals surface area contributed by atoms with Crippen LogP contribution in [0.4, 0.5) is 5.69 Å². The Labute approximate surface area is 162 Å². The van der Waals surface area contributed by atoms with Crippen molar-refractivity contribution < 1.29 is 32.2 Å². The molecule has 0 saturated heterocycles. The number of carbonyl (C=O) groups is 2. The van der Waals surface area contributed by atoms with Gasteiger partial charge in [-0.1, -0.05) is 18.5 Å². The molecule has 1 aromatic rings. The highest BCUT2D eigenvalue weighted by Gasteiger charge is 2.35. The van der Waals surface area contributed by atoms with Crippen LogP contribution in [0.15, 0.2) is 34.4 Å². The van der Waals surface area contributed by atoms with E-state index in [0.717, 1.165) is 7.11 Å². The molecule has 1 aromatic carbocycles. The lowest BCUT2D eigenvalue weighted by atomic mass is 10.1. The van der Waals surface area contributed by atoms with Crippen molar-refractivity contribution in [2.75, 3.05) is 38.2 Å². The molecule has 1 aliphatic heterocycles. The third-order valence-electron chi connectivity index (χ3n) is 3.85. The van der Waals surface area contributed by atoms with Gasteiger partial charge in [-0.2, -0.15) is 0 Å². The second kappa shape index (κ2) is 8.73. The second-order valence-corrected chi connectivity index (χ2v) is 8.16. The Morgan fingerprint density at radius 1 is 1.22 bits per heavy atom. The highest BCUT2D eigenvalue weighted by atomic mass is 35.5. The van der Waals surface area contributed by atoms with Crippen LogP contribution in [0.2, 0.25) is 5.02 Å². The van der Waals surface area contributed by atoms with Gasteiger partial charge >= 0.3 is 11.9 Å². The van der Waals surface area contributed by atoms with Crippen molar-refractivity contribution in [3.8, 4) is 0 Å². The number of ether oxygens (including phenoxy) is 3. The lowest BCUT2D eigenvalue weighted by molar-refractivity contribution is -0.140. The molecule has 0 N–H and O–H groups in total. The summed E-state index contributed by atoms with van der Waals surface area (Å²) in [7, 11) is -1.33. The second-order valence-electron chi connectivity index (χ2n) is 5.65. The van der Waals surface area contributed by atoms with Crippen molar-refractivity contribution in [2.45, 2.75) is 18.2 Å². The number of esters is 2. The Balaban J connectivity index is 2.73. The molecular formula is C17H20ClNO7S. The van der Waals surface area contributed by atoms with Crippen LogP contribution in [0.1, 0.15) is 13.3 Å². The van der Waals surface area contributed by atoms with Gasteiger partial charge in [-0.15, -0.1) is 0 Å². The molecule has 1 aliphatic rings. The minimum atomic E-state index is -3.65. The van der Waals surface area contributed by atoms with E-state index in [1.165, 1.54) is 30.2 Å². The molecule has 0 amide bonds. The van der Waals surface area contributed by atoms with Crippen LogP contribution in [-0.4, -0.2) is 53.7 Å². The maximum absolute atomic E-state index is 12.7. The first-order chi connectivity index (χ1) is 12.8. The molecule has 148 valence electrons. The third-order valence-corrected chi connectivity index (χ3v) is 6.05. The van der Waals surface area contributed by atoms with Crippen molar-refractivity contribution in [3.63, 3.8) is 0 Å². The normalized spacial score (nSPS) is 14.9. The smallest absolute Gasteiger partial charge is 0.355 e. The molecular weight excluding hydrogens is 398 g/mol. The Morgan fingerprint density at radius 2 is 1.89 bits per heavy atom. The number of carbonyl (C=O) groups excluding carboxylic acids is 2. The van der Waals surface area contributed by atoms with E-state index < -0.39 is 21.8 Å². The van der Waals surface area contributed by atoms with E-state index in [1.807, 2.05) is 0 Å². The highest BCUT2D eigenvalue weighted by molar-refractivity contribution is 7.91. The molecule has 0 spiro atoms. The zero-order chi connectivity index (χ0) is 20.2. The summed E-state index contributed by atoms with van der Waals surface area (Å²) in [5.41, 5.74) is -0.0994. The fourth-order valence-corrected chi connectivity index (χ4v) is 4.36. The summed E-state index contributed by atoms with van der Waals surface area (Å²) in [6.07, 6.45) is 0.411.